The van der Waals surface area contributed by atoms with Crippen molar-refractivity contribution in [3.05, 3.63) is 23.2 Å². The number of anilines is 1. The van der Waals surface area contributed by atoms with Gasteiger partial charge >= 0.3 is 0 Å². The number of methoxy groups -OCH3 is 2. The van der Waals surface area contributed by atoms with Crippen LogP contribution in [-0.4, -0.2) is 80.2 Å². The number of hydrogen-bond donors (Lipinski definition) is 3. The molecule has 2 heterocycles. The Labute approximate surface area is 187 Å². The van der Waals surface area contributed by atoms with E-state index in [4.69, 9.17) is 21.1 Å². The first-order valence-corrected chi connectivity index (χ1v) is 10.7. The summed E-state index contributed by atoms with van der Waals surface area (Å²) < 4.78 is 10.5. The molecule has 0 bridgehead atoms. The Hall–Kier alpha value is -2.07. The molecule has 0 spiro atoms. The summed E-state index contributed by atoms with van der Waals surface area (Å²) in [4.78, 5) is 29.6. The highest BCUT2D eigenvalue weighted by molar-refractivity contribution is 6.32. The van der Waals surface area contributed by atoms with Crippen molar-refractivity contribution in [1.29, 1.82) is 0 Å². The number of aliphatic hydroxyl groups is 1. The lowest BCUT2D eigenvalue weighted by molar-refractivity contribution is -0.137. The molecule has 1 aromatic rings. The summed E-state index contributed by atoms with van der Waals surface area (Å²) in [7, 11) is 3.07. The van der Waals surface area contributed by atoms with Crippen LogP contribution >= 0.6 is 11.6 Å². The van der Waals surface area contributed by atoms with Crippen LogP contribution in [0.2, 0.25) is 5.02 Å². The van der Waals surface area contributed by atoms with Gasteiger partial charge in [0.1, 0.15) is 11.3 Å². The summed E-state index contributed by atoms with van der Waals surface area (Å²) in [5, 5.41) is 15.6. The summed E-state index contributed by atoms with van der Waals surface area (Å²) in [5.41, 5.74) is -0.134. The van der Waals surface area contributed by atoms with Gasteiger partial charge in [-0.3, -0.25) is 14.9 Å². The first-order valence-electron chi connectivity index (χ1n) is 10.4. The van der Waals surface area contributed by atoms with Crippen LogP contribution in [0.1, 0.15) is 20.3 Å². The van der Waals surface area contributed by atoms with E-state index < -0.39 is 17.8 Å². The second-order valence-corrected chi connectivity index (χ2v) is 8.69. The van der Waals surface area contributed by atoms with E-state index in [1.165, 1.54) is 7.11 Å². The monoisotopic (exact) mass is 454 g/mol. The maximum absolute atomic E-state index is 13.2. The van der Waals surface area contributed by atoms with Gasteiger partial charge in [-0.2, -0.15) is 0 Å². The van der Waals surface area contributed by atoms with Crippen LogP contribution < -0.4 is 20.3 Å². The van der Waals surface area contributed by atoms with Crippen LogP contribution in [0.3, 0.4) is 0 Å². The highest BCUT2D eigenvalue weighted by Crippen LogP contribution is 2.31. The Balaban J connectivity index is 1.65. The lowest BCUT2D eigenvalue weighted by atomic mass is 9.87. The van der Waals surface area contributed by atoms with Gasteiger partial charge in [-0.15, -0.1) is 0 Å². The van der Waals surface area contributed by atoms with E-state index in [9.17, 15) is 14.7 Å². The molecule has 2 fully saturated rings. The van der Waals surface area contributed by atoms with Crippen molar-refractivity contribution in [2.75, 3.05) is 45.4 Å². The summed E-state index contributed by atoms with van der Waals surface area (Å²) in [6.07, 6.45) is -0.921. The van der Waals surface area contributed by atoms with E-state index in [1.807, 2.05) is 23.1 Å². The highest BCUT2D eigenvalue weighted by atomic mass is 35.5. The molecule has 31 heavy (non-hydrogen) atoms. The maximum atomic E-state index is 13.2. The maximum Gasteiger partial charge on any atom is 0.245 e. The van der Waals surface area contributed by atoms with Crippen molar-refractivity contribution in [2.45, 2.75) is 38.2 Å². The number of nitrogens with one attached hydrogen (secondary N) is 2. The molecule has 2 amide bonds. The number of piperazine rings is 1. The zero-order valence-electron chi connectivity index (χ0n) is 18.4. The van der Waals surface area contributed by atoms with Gasteiger partial charge in [0, 0.05) is 50.5 Å². The molecule has 2 aliphatic heterocycles. The smallest absolute Gasteiger partial charge is 0.245 e. The standard InChI is InChI=1S/C21H31ClN4O5/c1-13(10-21(12-30-3)19(28)23-20(29)24-21)18(27)25-7-8-26(14(2)11-25)15-5-6-16(22)17(9-15)31-4/h5-6,9,13-14,20,24,29H,7-8,10-12H2,1-4H3,(H,23,28)/t13-,14-,20?,21-/m0/s1. The second-order valence-electron chi connectivity index (χ2n) is 8.29. The molecular weight excluding hydrogens is 424 g/mol. The van der Waals surface area contributed by atoms with E-state index >= 15 is 0 Å². The van der Waals surface area contributed by atoms with Crippen LogP contribution in [0.5, 0.6) is 5.75 Å². The lowest BCUT2D eigenvalue weighted by Gasteiger charge is -2.42. The zero-order valence-corrected chi connectivity index (χ0v) is 19.1. The molecular formula is C21H31ClN4O5. The lowest BCUT2D eigenvalue weighted by Crippen LogP contribution is -2.57. The van der Waals surface area contributed by atoms with Gasteiger partial charge in [0.25, 0.3) is 0 Å². The zero-order chi connectivity index (χ0) is 22.8. The van der Waals surface area contributed by atoms with Gasteiger partial charge in [-0.1, -0.05) is 18.5 Å². The molecule has 0 aliphatic carbocycles. The number of benzene rings is 1. The van der Waals surface area contributed by atoms with Gasteiger partial charge in [0.2, 0.25) is 11.8 Å². The number of carbonyl (C=O) groups excluding carboxylic acids is 2. The normalized spacial score (nSPS) is 27.2. The Bertz CT molecular complexity index is 825. The van der Waals surface area contributed by atoms with Gasteiger partial charge in [-0.25, -0.2) is 0 Å². The number of nitrogens with zero attached hydrogens (tertiary/aromatic N) is 2. The van der Waals surface area contributed by atoms with Gasteiger partial charge in [0.05, 0.1) is 18.7 Å². The molecule has 1 unspecified atom stereocenters. The van der Waals surface area contributed by atoms with Crippen LogP contribution in [0.15, 0.2) is 18.2 Å². The molecule has 172 valence electrons. The number of rotatable bonds is 7. The Morgan fingerprint density at radius 1 is 1.39 bits per heavy atom. The average molecular weight is 455 g/mol. The van der Waals surface area contributed by atoms with E-state index in [-0.39, 0.29) is 30.9 Å². The topological polar surface area (TPSA) is 103 Å². The number of hydrogen-bond acceptors (Lipinski definition) is 7. The number of carbonyl (C=O) groups is 2. The third-order valence-electron chi connectivity index (χ3n) is 5.99. The Morgan fingerprint density at radius 3 is 2.71 bits per heavy atom. The predicted molar refractivity (Wildman–Crippen MR) is 117 cm³/mol. The van der Waals surface area contributed by atoms with Gasteiger partial charge in [-0.05, 0) is 25.5 Å². The quantitative estimate of drug-likeness (QED) is 0.559. The highest BCUT2D eigenvalue weighted by Gasteiger charge is 2.48. The van der Waals surface area contributed by atoms with Crippen molar-refractivity contribution in [2.24, 2.45) is 5.92 Å². The molecule has 10 heteroatoms. The van der Waals surface area contributed by atoms with E-state index in [0.717, 1.165) is 5.69 Å². The molecule has 0 radical (unpaired) electrons. The van der Waals surface area contributed by atoms with Gasteiger partial charge < -0.3 is 29.7 Å². The van der Waals surface area contributed by atoms with Crippen molar-refractivity contribution in [3.8, 4) is 5.75 Å². The third-order valence-corrected chi connectivity index (χ3v) is 6.30. The van der Waals surface area contributed by atoms with Crippen LogP contribution in [0, 0.1) is 5.92 Å². The fourth-order valence-electron chi connectivity index (χ4n) is 4.48. The first kappa shape index (κ1) is 23.6. The number of halogens is 1. The molecule has 3 N–H and O–H groups in total. The van der Waals surface area contributed by atoms with Crippen LogP contribution in [0.4, 0.5) is 5.69 Å². The van der Waals surface area contributed by atoms with E-state index in [2.05, 4.69) is 22.5 Å². The number of amides is 2. The largest absolute Gasteiger partial charge is 0.495 e. The van der Waals surface area contributed by atoms with E-state index in [1.54, 1.807) is 14.0 Å². The molecule has 2 saturated heterocycles. The van der Waals surface area contributed by atoms with Crippen LogP contribution in [0.25, 0.3) is 0 Å². The first-order chi connectivity index (χ1) is 14.7. The second kappa shape index (κ2) is 9.60. The summed E-state index contributed by atoms with van der Waals surface area (Å²) >= 11 is 6.14. The van der Waals surface area contributed by atoms with Crippen LogP contribution in [-0.2, 0) is 14.3 Å². The van der Waals surface area contributed by atoms with Crippen molar-refractivity contribution in [3.63, 3.8) is 0 Å². The fraction of sp³-hybridized carbons (Fsp3) is 0.619. The van der Waals surface area contributed by atoms with E-state index in [0.29, 0.717) is 30.4 Å². The summed E-state index contributed by atoms with van der Waals surface area (Å²) in [6.45, 7) is 5.74. The summed E-state index contributed by atoms with van der Waals surface area (Å²) in [5.74, 6) is -0.192. The SMILES string of the molecule is COC[C@]1(C[C@H](C)C(=O)N2CCN(c3ccc(Cl)c(OC)c3)[C@@H](C)C2)NC(O)NC1=O. The minimum Gasteiger partial charge on any atom is -0.495 e. The minimum absolute atomic E-state index is 0.0216. The molecule has 0 saturated carbocycles. The Morgan fingerprint density at radius 2 is 2.13 bits per heavy atom. The Kier molecular flexibility index (Phi) is 7.31. The number of ether oxygens (including phenoxy) is 2. The molecule has 3 rings (SSSR count). The predicted octanol–water partition coefficient (Wildman–Crippen LogP) is 0.792. The molecule has 4 atom stereocenters. The summed E-state index contributed by atoms with van der Waals surface area (Å²) in [6, 6.07) is 5.76. The molecule has 9 nitrogen and oxygen atoms in total. The third kappa shape index (κ3) is 4.90. The molecule has 0 aromatic heterocycles. The van der Waals surface area contributed by atoms with Crippen molar-refractivity contribution < 1.29 is 24.2 Å². The molecule has 2 aliphatic rings. The van der Waals surface area contributed by atoms with Crippen molar-refractivity contribution >= 4 is 29.1 Å². The van der Waals surface area contributed by atoms with Crippen molar-refractivity contribution in [1.82, 2.24) is 15.5 Å². The molecule has 1 aromatic carbocycles. The van der Waals surface area contributed by atoms with Gasteiger partial charge in [0.15, 0.2) is 6.35 Å². The fourth-order valence-corrected chi connectivity index (χ4v) is 4.67. The minimum atomic E-state index is -1.15. The number of aliphatic hydroxyl groups excluding tert-OH is 1. The average Bonchev–Trinajstić information content (AvgIpc) is 3.00.